The summed E-state index contributed by atoms with van der Waals surface area (Å²) in [6, 6.07) is 20.9. The average Bonchev–Trinajstić information content (AvgIpc) is 3.83. The maximum atomic E-state index is 15.3. The van der Waals surface area contributed by atoms with E-state index >= 15 is 4.39 Å². The molecule has 3 aromatic heterocycles. The summed E-state index contributed by atoms with van der Waals surface area (Å²) >= 11 is 0. The second kappa shape index (κ2) is 12.0. The number of anilines is 1. The van der Waals surface area contributed by atoms with Gasteiger partial charge < -0.3 is 20.6 Å². The standard InChI is InChI=1S/C38H37FN6O3/c1-21-17-44(18-22(2)48-21)19-23-6-8-25(9-7-23)32-16-29-35(42-38(40)43-36(29)41-32)28-4-3-5-33(30(28)20-46)45-13-12-26-14-27(24-10-11-24)15-31(39)34(26)37(45)47/h3-9,12-16,21-22,24,46H,10-11,17-20H2,1-2H3,(H3,40,41,42,43). The van der Waals surface area contributed by atoms with E-state index in [1.165, 1.54) is 16.2 Å². The van der Waals surface area contributed by atoms with Crippen molar-refractivity contribution in [3.8, 4) is 28.2 Å². The van der Waals surface area contributed by atoms with E-state index in [0.717, 1.165) is 54.7 Å². The smallest absolute Gasteiger partial charge is 0.265 e. The fraction of sp³-hybridized carbons (Fsp3) is 0.289. The fourth-order valence-electron chi connectivity index (χ4n) is 7.23. The highest BCUT2D eigenvalue weighted by Crippen LogP contribution is 2.41. The van der Waals surface area contributed by atoms with E-state index in [-0.39, 0.29) is 30.1 Å². The van der Waals surface area contributed by atoms with Gasteiger partial charge >= 0.3 is 0 Å². The van der Waals surface area contributed by atoms with E-state index in [1.807, 2.05) is 18.2 Å². The fourth-order valence-corrected chi connectivity index (χ4v) is 7.23. The molecule has 0 radical (unpaired) electrons. The third-order valence-corrected chi connectivity index (χ3v) is 9.52. The van der Waals surface area contributed by atoms with Crippen molar-refractivity contribution in [2.45, 2.75) is 58.0 Å². The number of nitrogens with two attached hydrogens (primary N) is 1. The molecule has 4 heterocycles. The Kier molecular flexibility index (Phi) is 7.59. The lowest BCUT2D eigenvalue weighted by Gasteiger charge is -2.35. The Bertz CT molecular complexity index is 2230. The van der Waals surface area contributed by atoms with Crippen LogP contribution in [0.5, 0.6) is 0 Å². The Morgan fingerprint density at radius 2 is 1.79 bits per heavy atom. The molecule has 2 aliphatic rings. The van der Waals surface area contributed by atoms with Gasteiger partial charge in [-0.15, -0.1) is 0 Å². The topological polar surface area (TPSA) is 122 Å². The number of morpholine rings is 1. The number of hydrogen-bond donors (Lipinski definition) is 3. The largest absolute Gasteiger partial charge is 0.392 e. The number of hydrogen-bond acceptors (Lipinski definition) is 7. The van der Waals surface area contributed by atoms with Crippen LogP contribution in [0.15, 0.2) is 77.7 Å². The van der Waals surface area contributed by atoms with Crippen molar-refractivity contribution in [3.63, 3.8) is 0 Å². The molecular weight excluding hydrogens is 607 g/mol. The maximum absolute atomic E-state index is 15.3. The molecule has 2 atom stereocenters. The molecule has 2 fully saturated rings. The molecule has 1 aliphatic carbocycles. The Balaban J connectivity index is 1.16. The van der Waals surface area contributed by atoms with Gasteiger partial charge in [0.1, 0.15) is 11.5 Å². The third kappa shape index (κ3) is 5.55. The quantitative estimate of drug-likeness (QED) is 0.187. The first kappa shape index (κ1) is 30.4. The van der Waals surface area contributed by atoms with Crippen LogP contribution >= 0.6 is 0 Å². The minimum Gasteiger partial charge on any atom is -0.392 e. The minimum absolute atomic E-state index is 0.0280. The molecule has 6 aromatic rings. The number of H-pyrrole nitrogens is 1. The molecule has 1 saturated heterocycles. The number of aromatic amines is 1. The second-order valence-corrected chi connectivity index (χ2v) is 13.2. The molecule has 8 rings (SSSR count). The SMILES string of the molecule is CC1CN(Cc2ccc(-c3cc4c(-c5cccc(-n6ccc7cc(C8CC8)cc(F)c7c6=O)c5CO)nc(N)nc4[nH]3)cc2)CC(C)O1. The zero-order chi connectivity index (χ0) is 33.1. The van der Waals surface area contributed by atoms with Crippen LogP contribution in [0.1, 0.15) is 49.3 Å². The van der Waals surface area contributed by atoms with Crippen LogP contribution in [0.2, 0.25) is 0 Å². The van der Waals surface area contributed by atoms with Crippen LogP contribution in [0.25, 0.3) is 50.0 Å². The zero-order valence-corrected chi connectivity index (χ0v) is 26.9. The van der Waals surface area contributed by atoms with Gasteiger partial charge in [-0.25, -0.2) is 9.37 Å². The van der Waals surface area contributed by atoms with E-state index in [9.17, 15) is 9.90 Å². The monoisotopic (exact) mass is 644 g/mol. The van der Waals surface area contributed by atoms with Gasteiger partial charge in [0, 0.05) is 48.0 Å². The summed E-state index contributed by atoms with van der Waals surface area (Å²) < 4.78 is 22.6. The summed E-state index contributed by atoms with van der Waals surface area (Å²) in [4.78, 5) is 28.6. The van der Waals surface area contributed by atoms with Gasteiger partial charge in [0.05, 0.1) is 35.6 Å². The van der Waals surface area contributed by atoms with Crippen molar-refractivity contribution in [2.75, 3.05) is 18.8 Å². The lowest BCUT2D eigenvalue weighted by atomic mass is 9.99. The number of fused-ring (bicyclic) bond motifs is 2. The number of aliphatic hydroxyl groups excluding tert-OH is 1. The summed E-state index contributed by atoms with van der Waals surface area (Å²) in [5.74, 6) is -0.0948. The van der Waals surface area contributed by atoms with Crippen molar-refractivity contribution >= 4 is 27.8 Å². The van der Waals surface area contributed by atoms with Crippen molar-refractivity contribution in [3.05, 3.63) is 106 Å². The van der Waals surface area contributed by atoms with Gasteiger partial charge in [0.2, 0.25) is 5.95 Å². The van der Waals surface area contributed by atoms with Crippen LogP contribution < -0.4 is 11.3 Å². The van der Waals surface area contributed by atoms with Crippen molar-refractivity contribution in [1.29, 1.82) is 0 Å². The second-order valence-electron chi connectivity index (χ2n) is 13.2. The lowest BCUT2D eigenvalue weighted by molar-refractivity contribution is -0.0704. The highest BCUT2D eigenvalue weighted by molar-refractivity contribution is 5.96. The van der Waals surface area contributed by atoms with E-state index in [4.69, 9.17) is 10.5 Å². The van der Waals surface area contributed by atoms with E-state index in [0.29, 0.717) is 39.5 Å². The number of halogens is 1. The first-order chi connectivity index (χ1) is 23.2. The van der Waals surface area contributed by atoms with Crippen molar-refractivity contribution < 1.29 is 14.2 Å². The summed E-state index contributed by atoms with van der Waals surface area (Å²) in [7, 11) is 0. The van der Waals surface area contributed by atoms with Gasteiger partial charge in [-0.2, -0.15) is 4.98 Å². The number of ether oxygens (including phenoxy) is 1. The molecule has 0 bridgehead atoms. The molecule has 3 aromatic carbocycles. The summed E-state index contributed by atoms with van der Waals surface area (Å²) in [5, 5.41) is 12.0. The Morgan fingerprint density at radius 1 is 1.02 bits per heavy atom. The van der Waals surface area contributed by atoms with Gasteiger partial charge in [-0.05, 0) is 78.9 Å². The van der Waals surface area contributed by atoms with Gasteiger partial charge in [-0.3, -0.25) is 14.3 Å². The molecule has 10 heteroatoms. The van der Waals surface area contributed by atoms with Crippen LogP contribution in [0.4, 0.5) is 10.3 Å². The first-order valence-electron chi connectivity index (χ1n) is 16.5. The molecule has 4 N–H and O–H groups in total. The van der Waals surface area contributed by atoms with Crippen LogP contribution in [-0.2, 0) is 17.9 Å². The van der Waals surface area contributed by atoms with Crippen molar-refractivity contribution in [1.82, 2.24) is 24.4 Å². The van der Waals surface area contributed by atoms with Gasteiger partial charge in [-0.1, -0.05) is 42.5 Å². The van der Waals surface area contributed by atoms with Crippen molar-refractivity contribution in [2.24, 2.45) is 0 Å². The molecular formula is C38H37FN6O3. The zero-order valence-electron chi connectivity index (χ0n) is 26.9. The molecule has 1 aliphatic heterocycles. The summed E-state index contributed by atoms with van der Waals surface area (Å²) in [6.07, 6.45) is 4.15. The summed E-state index contributed by atoms with van der Waals surface area (Å²) in [5.41, 5.74) is 12.3. The van der Waals surface area contributed by atoms with Crippen LogP contribution in [0, 0.1) is 5.82 Å². The molecule has 2 unspecified atom stereocenters. The molecule has 9 nitrogen and oxygen atoms in total. The van der Waals surface area contributed by atoms with Crippen LogP contribution in [-0.4, -0.2) is 54.8 Å². The Morgan fingerprint density at radius 3 is 2.52 bits per heavy atom. The predicted octanol–water partition coefficient (Wildman–Crippen LogP) is 6.30. The van der Waals surface area contributed by atoms with Crippen LogP contribution in [0.3, 0.4) is 0 Å². The molecule has 0 spiro atoms. The normalized spacial score (nSPS) is 18.6. The number of rotatable bonds is 7. The number of benzene rings is 3. The highest BCUT2D eigenvalue weighted by atomic mass is 19.1. The van der Waals surface area contributed by atoms with E-state index < -0.39 is 11.4 Å². The van der Waals surface area contributed by atoms with E-state index in [1.54, 1.807) is 24.4 Å². The molecule has 1 saturated carbocycles. The summed E-state index contributed by atoms with van der Waals surface area (Å²) in [6.45, 7) is 6.50. The molecule has 48 heavy (non-hydrogen) atoms. The predicted molar refractivity (Wildman–Crippen MR) is 185 cm³/mol. The Hall–Kier alpha value is -4.90. The first-order valence-corrected chi connectivity index (χ1v) is 16.5. The number of nitrogens with zero attached hydrogens (tertiary/aromatic N) is 4. The van der Waals surface area contributed by atoms with E-state index in [2.05, 4.69) is 58.0 Å². The Labute approximate surface area is 276 Å². The molecule has 0 amide bonds. The number of pyridine rings is 1. The minimum atomic E-state index is -0.529. The van der Waals surface area contributed by atoms with Gasteiger partial charge in [0.25, 0.3) is 5.56 Å². The number of nitrogens with one attached hydrogen (secondary N) is 1. The molecule has 244 valence electrons. The average molecular weight is 645 g/mol. The number of aliphatic hydroxyl groups is 1. The number of nitrogen functional groups attached to an aromatic ring is 1. The lowest BCUT2D eigenvalue weighted by Crippen LogP contribution is -2.44. The highest BCUT2D eigenvalue weighted by Gasteiger charge is 2.26. The van der Waals surface area contributed by atoms with Gasteiger partial charge in [0.15, 0.2) is 0 Å². The number of aromatic nitrogens is 4. The maximum Gasteiger partial charge on any atom is 0.265 e. The third-order valence-electron chi connectivity index (χ3n) is 9.52.